The van der Waals surface area contributed by atoms with Crippen molar-refractivity contribution in [2.45, 2.75) is 70.6 Å². The lowest BCUT2D eigenvalue weighted by atomic mass is 9.77. The van der Waals surface area contributed by atoms with Gasteiger partial charge in [0.1, 0.15) is 0 Å². The van der Waals surface area contributed by atoms with Crippen LogP contribution in [0.1, 0.15) is 48.8 Å². The van der Waals surface area contributed by atoms with Crippen LogP contribution in [0.25, 0.3) is 0 Å². The van der Waals surface area contributed by atoms with Crippen LogP contribution in [-0.2, 0) is 16.0 Å². The summed E-state index contributed by atoms with van der Waals surface area (Å²) in [6.45, 7) is 8.15. The third-order valence-electron chi connectivity index (χ3n) is 7.34. The van der Waals surface area contributed by atoms with E-state index >= 15 is 0 Å². The molecule has 0 unspecified atom stereocenters. The zero-order valence-corrected chi connectivity index (χ0v) is 17.9. The van der Waals surface area contributed by atoms with Gasteiger partial charge in [-0.3, -0.25) is 9.69 Å². The van der Waals surface area contributed by atoms with Gasteiger partial charge in [0.25, 0.3) is 0 Å². The second-order valence-electron chi connectivity index (χ2n) is 9.46. The molecule has 0 aromatic heterocycles. The molecule has 1 amide bonds. The molecule has 0 bridgehead atoms. The minimum atomic E-state index is -0.420. The molecule has 5 nitrogen and oxygen atoms in total. The smallest absolute Gasteiger partial charge is 0.220 e. The van der Waals surface area contributed by atoms with Crippen LogP contribution in [0.2, 0.25) is 0 Å². The SMILES string of the molecule is Cc1ccc(CCC(=O)N[C@H]2C[C@H]3CN(C4CCOCC4)C[C@H]3C[C@@H]2O)c(C)c1. The number of benzene rings is 1. The molecule has 0 radical (unpaired) electrons. The maximum Gasteiger partial charge on any atom is 0.220 e. The van der Waals surface area contributed by atoms with Gasteiger partial charge in [-0.1, -0.05) is 23.8 Å². The number of amides is 1. The number of ether oxygens (including phenoxy) is 1. The van der Waals surface area contributed by atoms with Crippen LogP contribution in [0.4, 0.5) is 0 Å². The Kier molecular flexibility index (Phi) is 6.57. The maximum absolute atomic E-state index is 12.6. The van der Waals surface area contributed by atoms with Gasteiger partial charge in [0, 0.05) is 38.8 Å². The van der Waals surface area contributed by atoms with Crippen molar-refractivity contribution in [3.8, 4) is 0 Å². The lowest BCUT2D eigenvalue weighted by Crippen LogP contribution is -2.49. The lowest BCUT2D eigenvalue weighted by molar-refractivity contribution is -0.123. The Balaban J connectivity index is 1.27. The van der Waals surface area contributed by atoms with E-state index in [2.05, 4.69) is 42.3 Å². The van der Waals surface area contributed by atoms with Crippen LogP contribution in [0.3, 0.4) is 0 Å². The van der Waals surface area contributed by atoms with Crippen LogP contribution in [-0.4, -0.2) is 60.4 Å². The van der Waals surface area contributed by atoms with Gasteiger partial charge in [-0.25, -0.2) is 0 Å². The van der Waals surface area contributed by atoms with E-state index in [4.69, 9.17) is 4.74 Å². The maximum atomic E-state index is 12.6. The van der Waals surface area contributed by atoms with E-state index in [9.17, 15) is 9.90 Å². The van der Waals surface area contributed by atoms with Crippen molar-refractivity contribution in [1.29, 1.82) is 0 Å². The summed E-state index contributed by atoms with van der Waals surface area (Å²) in [7, 11) is 0. The highest BCUT2D eigenvalue weighted by molar-refractivity contribution is 5.76. The molecule has 2 N–H and O–H groups in total. The Morgan fingerprint density at radius 3 is 2.62 bits per heavy atom. The van der Waals surface area contributed by atoms with Crippen LogP contribution >= 0.6 is 0 Å². The van der Waals surface area contributed by atoms with Gasteiger partial charge >= 0.3 is 0 Å². The van der Waals surface area contributed by atoms with E-state index in [1.165, 1.54) is 16.7 Å². The van der Waals surface area contributed by atoms with Crippen LogP contribution in [0, 0.1) is 25.7 Å². The average molecular weight is 401 g/mol. The van der Waals surface area contributed by atoms with E-state index < -0.39 is 6.10 Å². The number of carbonyl (C=O) groups excluding carboxylic acids is 1. The number of aryl methyl sites for hydroxylation is 3. The second kappa shape index (κ2) is 9.15. The number of hydrogen-bond donors (Lipinski definition) is 2. The summed E-state index contributed by atoms with van der Waals surface area (Å²) in [5, 5.41) is 13.8. The summed E-state index contributed by atoms with van der Waals surface area (Å²) < 4.78 is 5.51. The van der Waals surface area contributed by atoms with Crippen molar-refractivity contribution in [3.63, 3.8) is 0 Å². The number of carbonyl (C=O) groups is 1. The summed E-state index contributed by atoms with van der Waals surface area (Å²) in [4.78, 5) is 15.2. The molecular formula is C24H36N2O3. The highest BCUT2D eigenvalue weighted by Crippen LogP contribution is 2.38. The van der Waals surface area contributed by atoms with Crippen LogP contribution in [0.5, 0.6) is 0 Å². The Labute approximate surface area is 174 Å². The van der Waals surface area contributed by atoms with Gasteiger partial charge in [-0.05, 0) is 68.9 Å². The second-order valence-corrected chi connectivity index (χ2v) is 9.46. The number of hydrogen-bond acceptors (Lipinski definition) is 4. The summed E-state index contributed by atoms with van der Waals surface area (Å²) in [5.74, 6) is 1.22. The molecule has 29 heavy (non-hydrogen) atoms. The minimum Gasteiger partial charge on any atom is -0.391 e. The van der Waals surface area contributed by atoms with E-state index in [-0.39, 0.29) is 11.9 Å². The largest absolute Gasteiger partial charge is 0.391 e. The van der Waals surface area contributed by atoms with Gasteiger partial charge in [-0.15, -0.1) is 0 Å². The summed E-state index contributed by atoms with van der Waals surface area (Å²) in [5.41, 5.74) is 3.73. The number of nitrogens with one attached hydrogen (secondary N) is 1. The lowest BCUT2D eigenvalue weighted by Gasteiger charge is -2.35. The molecule has 4 rings (SSSR count). The number of nitrogens with zero attached hydrogens (tertiary/aromatic N) is 1. The van der Waals surface area contributed by atoms with E-state index in [1.807, 2.05) is 0 Å². The quantitative estimate of drug-likeness (QED) is 0.798. The summed E-state index contributed by atoms with van der Waals surface area (Å²) in [6, 6.07) is 6.94. The third-order valence-corrected chi connectivity index (χ3v) is 7.34. The first-order valence-corrected chi connectivity index (χ1v) is 11.3. The molecule has 0 spiro atoms. The predicted octanol–water partition coefficient (Wildman–Crippen LogP) is 2.60. The molecule has 3 fully saturated rings. The highest BCUT2D eigenvalue weighted by atomic mass is 16.5. The van der Waals surface area contributed by atoms with Crippen molar-refractivity contribution in [2.24, 2.45) is 11.8 Å². The number of aliphatic hydroxyl groups is 1. The molecule has 3 aliphatic rings. The molecule has 4 atom stereocenters. The minimum absolute atomic E-state index is 0.0618. The Morgan fingerprint density at radius 2 is 1.90 bits per heavy atom. The van der Waals surface area contributed by atoms with Gasteiger partial charge in [-0.2, -0.15) is 0 Å². The van der Waals surface area contributed by atoms with Crippen molar-refractivity contribution >= 4 is 5.91 Å². The summed E-state index contributed by atoms with van der Waals surface area (Å²) in [6.07, 6.45) is 4.78. The van der Waals surface area contributed by atoms with Crippen molar-refractivity contribution < 1.29 is 14.6 Å². The van der Waals surface area contributed by atoms with E-state index in [0.717, 1.165) is 58.4 Å². The van der Waals surface area contributed by atoms with Gasteiger partial charge in [0.05, 0.1) is 12.1 Å². The molecule has 1 saturated carbocycles. The zero-order valence-electron chi connectivity index (χ0n) is 17.9. The normalized spacial score (nSPS) is 30.9. The molecule has 2 heterocycles. The van der Waals surface area contributed by atoms with Gasteiger partial charge in [0.2, 0.25) is 5.91 Å². The molecule has 1 aliphatic carbocycles. The van der Waals surface area contributed by atoms with E-state index in [1.54, 1.807) is 0 Å². The first-order valence-electron chi connectivity index (χ1n) is 11.3. The number of rotatable bonds is 5. The van der Waals surface area contributed by atoms with Crippen molar-refractivity contribution in [3.05, 3.63) is 34.9 Å². The van der Waals surface area contributed by atoms with Crippen LogP contribution in [0.15, 0.2) is 18.2 Å². The molecule has 1 aromatic rings. The van der Waals surface area contributed by atoms with Crippen molar-refractivity contribution in [1.82, 2.24) is 10.2 Å². The molecule has 2 saturated heterocycles. The molecule has 1 aromatic carbocycles. The predicted molar refractivity (Wildman–Crippen MR) is 114 cm³/mol. The first kappa shape index (κ1) is 20.8. The van der Waals surface area contributed by atoms with Crippen molar-refractivity contribution in [2.75, 3.05) is 26.3 Å². The van der Waals surface area contributed by atoms with Gasteiger partial charge in [0.15, 0.2) is 0 Å². The van der Waals surface area contributed by atoms with Crippen LogP contribution < -0.4 is 5.32 Å². The number of aliphatic hydroxyl groups excluding tert-OH is 1. The Morgan fingerprint density at radius 1 is 1.17 bits per heavy atom. The number of fused-ring (bicyclic) bond motifs is 1. The standard InChI is InChI=1S/C24H36N2O3/c1-16-3-4-18(17(2)11-16)5-6-24(28)25-22-12-19-14-26(15-20(19)13-23(22)27)21-7-9-29-10-8-21/h3-4,11,19-23,27H,5-10,12-15H2,1-2H3,(H,25,28)/t19-,20+,22-,23-/m0/s1. The monoisotopic (exact) mass is 400 g/mol. The molecule has 160 valence electrons. The van der Waals surface area contributed by atoms with Gasteiger partial charge < -0.3 is 15.2 Å². The zero-order chi connectivity index (χ0) is 20.4. The molecule has 5 heteroatoms. The van der Waals surface area contributed by atoms with E-state index in [0.29, 0.717) is 24.3 Å². The Bertz CT molecular complexity index is 716. The third kappa shape index (κ3) is 5.01. The Hall–Kier alpha value is -1.43. The fraction of sp³-hybridized carbons (Fsp3) is 0.708. The molecule has 2 aliphatic heterocycles. The topological polar surface area (TPSA) is 61.8 Å². The average Bonchev–Trinajstić information content (AvgIpc) is 3.11. The first-order chi connectivity index (χ1) is 14.0. The molecular weight excluding hydrogens is 364 g/mol. The fourth-order valence-electron chi connectivity index (χ4n) is 5.62. The summed E-state index contributed by atoms with van der Waals surface area (Å²) >= 11 is 0. The highest BCUT2D eigenvalue weighted by Gasteiger charge is 2.43. The number of likely N-dealkylation sites (tertiary alicyclic amines) is 1. The fourth-order valence-corrected chi connectivity index (χ4v) is 5.62.